The van der Waals surface area contributed by atoms with E-state index in [4.69, 9.17) is 4.74 Å². The smallest absolute Gasteiger partial charge is 0.298 e. The van der Waals surface area contributed by atoms with E-state index in [0.29, 0.717) is 28.8 Å². The van der Waals surface area contributed by atoms with Crippen LogP contribution in [0.2, 0.25) is 0 Å². The third-order valence-electron chi connectivity index (χ3n) is 4.04. The van der Waals surface area contributed by atoms with Crippen molar-refractivity contribution in [2.75, 3.05) is 0 Å². The van der Waals surface area contributed by atoms with Gasteiger partial charge in [-0.05, 0) is 55.3 Å². The lowest BCUT2D eigenvalue weighted by Gasteiger charge is -2.11. The molecule has 0 radical (unpaired) electrons. The molecule has 2 aromatic carbocycles. The second-order valence-electron chi connectivity index (χ2n) is 6.19. The summed E-state index contributed by atoms with van der Waals surface area (Å²) in [5.41, 5.74) is 1.51. The van der Waals surface area contributed by atoms with E-state index in [2.05, 4.69) is 14.7 Å². The molecule has 27 heavy (non-hydrogen) atoms. The van der Waals surface area contributed by atoms with Crippen LogP contribution in [0, 0.1) is 5.82 Å². The van der Waals surface area contributed by atoms with Crippen LogP contribution < -0.4 is 10.1 Å². The van der Waals surface area contributed by atoms with Crippen LogP contribution in [0.1, 0.15) is 42.0 Å². The summed E-state index contributed by atoms with van der Waals surface area (Å²) >= 11 is 1.15. The van der Waals surface area contributed by atoms with Gasteiger partial charge >= 0.3 is 0 Å². The zero-order valence-corrected chi connectivity index (χ0v) is 15.9. The Balaban J connectivity index is 1.60. The number of halogens is 1. The number of aromatic nitrogens is 2. The van der Waals surface area contributed by atoms with Gasteiger partial charge in [0.15, 0.2) is 5.82 Å². The Morgan fingerprint density at radius 1 is 1.19 bits per heavy atom. The molecule has 1 heterocycles. The molecule has 3 aromatic rings. The number of carbonyl (C=O) groups excluding carboxylic acids is 1. The molecule has 0 aliphatic carbocycles. The number of rotatable bonds is 7. The fourth-order valence-electron chi connectivity index (χ4n) is 2.32. The van der Waals surface area contributed by atoms with Crippen LogP contribution in [0.3, 0.4) is 0 Å². The maximum absolute atomic E-state index is 13.0. The Kier molecular flexibility index (Phi) is 6.13. The molecule has 1 aromatic heterocycles. The first-order chi connectivity index (χ1) is 13.0. The summed E-state index contributed by atoms with van der Waals surface area (Å²) in [7, 11) is 0. The van der Waals surface area contributed by atoms with Crippen LogP contribution >= 0.6 is 11.5 Å². The molecule has 5 nitrogen and oxygen atoms in total. The molecule has 140 valence electrons. The maximum atomic E-state index is 13.0. The van der Waals surface area contributed by atoms with Crippen LogP contribution in [0.15, 0.2) is 48.5 Å². The van der Waals surface area contributed by atoms with E-state index >= 15 is 0 Å². The maximum Gasteiger partial charge on any atom is 0.298 e. The molecule has 0 saturated heterocycles. The van der Waals surface area contributed by atoms with Gasteiger partial charge in [0.2, 0.25) is 0 Å². The van der Waals surface area contributed by atoms with Gasteiger partial charge in [-0.2, -0.15) is 9.36 Å². The van der Waals surface area contributed by atoms with Gasteiger partial charge < -0.3 is 10.1 Å². The highest BCUT2D eigenvalue weighted by molar-refractivity contribution is 7.07. The SMILES string of the molecule is CCC(C)NC(=O)c1ccc(Oc2nc(Cc3ccc(F)cc3)ns2)cc1. The summed E-state index contributed by atoms with van der Waals surface area (Å²) in [5, 5.41) is 3.34. The molecule has 1 amide bonds. The normalized spacial score (nSPS) is 11.8. The Labute approximate surface area is 161 Å². The van der Waals surface area contributed by atoms with E-state index in [1.807, 2.05) is 13.8 Å². The molecule has 3 rings (SSSR count). The molecule has 1 unspecified atom stereocenters. The van der Waals surface area contributed by atoms with E-state index in [0.717, 1.165) is 23.5 Å². The van der Waals surface area contributed by atoms with Crippen molar-refractivity contribution >= 4 is 17.4 Å². The van der Waals surface area contributed by atoms with Crippen molar-refractivity contribution in [2.24, 2.45) is 0 Å². The first-order valence-electron chi connectivity index (χ1n) is 8.69. The Bertz CT molecular complexity index is 894. The molecule has 0 aliphatic rings. The summed E-state index contributed by atoms with van der Waals surface area (Å²) in [4.78, 5) is 16.4. The van der Waals surface area contributed by atoms with Gasteiger partial charge in [-0.25, -0.2) is 4.39 Å². The molecule has 1 N–H and O–H groups in total. The summed E-state index contributed by atoms with van der Waals surface area (Å²) < 4.78 is 22.9. The number of amides is 1. The largest absolute Gasteiger partial charge is 0.430 e. The molecule has 0 bridgehead atoms. The molecule has 0 spiro atoms. The summed E-state index contributed by atoms with van der Waals surface area (Å²) in [6.07, 6.45) is 1.39. The van der Waals surface area contributed by atoms with E-state index < -0.39 is 0 Å². The van der Waals surface area contributed by atoms with Crippen molar-refractivity contribution in [3.8, 4) is 10.9 Å². The van der Waals surface area contributed by atoms with Crippen LogP contribution in [0.5, 0.6) is 10.9 Å². The van der Waals surface area contributed by atoms with Crippen LogP contribution in [0.25, 0.3) is 0 Å². The van der Waals surface area contributed by atoms with Crippen molar-refractivity contribution in [1.82, 2.24) is 14.7 Å². The number of nitrogens with one attached hydrogen (secondary N) is 1. The summed E-state index contributed by atoms with van der Waals surface area (Å²) in [6.45, 7) is 3.99. The van der Waals surface area contributed by atoms with Gasteiger partial charge in [0, 0.05) is 29.6 Å². The van der Waals surface area contributed by atoms with Crippen molar-refractivity contribution in [3.05, 3.63) is 71.3 Å². The Morgan fingerprint density at radius 3 is 2.56 bits per heavy atom. The van der Waals surface area contributed by atoms with Gasteiger partial charge in [-0.15, -0.1) is 0 Å². The van der Waals surface area contributed by atoms with Gasteiger partial charge in [0.1, 0.15) is 11.6 Å². The van der Waals surface area contributed by atoms with Crippen molar-refractivity contribution < 1.29 is 13.9 Å². The average Bonchev–Trinajstić information content (AvgIpc) is 3.11. The zero-order valence-electron chi connectivity index (χ0n) is 15.1. The number of benzene rings is 2. The Hall–Kier alpha value is -2.80. The van der Waals surface area contributed by atoms with Crippen molar-refractivity contribution in [3.63, 3.8) is 0 Å². The standard InChI is InChI=1S/C20H20FN3O2S/c1-3-13(2)22-19(25)15-6-10-17(11-7-15)26-20-23-18(24-27-20)12-14-4-8-16(21)9-5-14/h4-11,13H,3,12H2,1-2H3,(H,22,25). The van der Waals surface area contributed by atoms with Crippen LogP contribution in [-0.4, -0.2) is 21.3 Å². The fourth-order valence-corrected chi connectivity index (χ4v) is 2.89. The van der Waals surface area contributed by atoms with E-state index in [9.17, 15) is 9.18 Å². The lowest BCUT2D eigenvalue weighted by Crippen LogP contribution is -2.31. The molecule has 7 heteroatoms. The van der Waals surface area contributed by atoms with Gasteiger partial charge in [-0.1, -0.05) is 19.1 Å². The van der Waals surface area contributed by atoms with Crippen LogP contribution in [-0.2, 0) is 6.42 Å². The number of nitrogens with zero attached hydrogens (tertiary/aromatic N) is 2. The van der Waals surface area contributed by atoms with Crippen molar-refractivity contribution in [1.29, 1.82) is 0 Å². The predicted molar refractivity (Wildman–Crippen MR) is 103 cm³/mol. The molecule has 0 fully saturated rings. The van der Waals surface area contributed by atoms with E-state index in [-0.39, 0.29) is 17.8 Å². The predicted octanol–water partition coefficient (Wildman–Crippen LogP) is 4.59. The number of hydrogen-bond acceptors (Lipinski definition) is 5. The number of carbonyl (C=O) groups is 1. The minimum Gasteiger partial charge on any atom is -0.430 e. The van der Waals surface area contributed by atoms with E-state index in [1.165, 1.54) is 12.1 Å². The van der Waals surface area contributed by atoms with Gasteiger partial charge in [-0.3, -0.25) is 4.79 Å². The number of hydrogen-bond donors (Lipinski definition) is 1. The third-order valence-corrected chi connectivity index (χ3v) is 4.67. The minimum absolute atomic E-state index is 0.103. The molecular weight excluding hydrogens is 365 g/mol. The highest BCUT2D eigenvalue weighted by Crippen LogP contribution is 2.24. The van der Waals surface area contributed by atoms with E-state index in [1.54, 1.807) is 36.4 Å². The second kappa shape index (κ2) is 8.73. The quantitative estimate of drug-likeness (QED) is 0.646. The summed E-state index contributed by atoms with van der Waals surface area (Å²) in [5.74, 6) is 0.828. The Morgan fingerprint density at radius 2 is 1.89 bits per heavy atom. The zero-order chi connectivity index (χ0) is 19.2. The monoisotopic (exact) mass is 385 g/mol. The minimum atomic E-state index is -0.268. The van der Waals surface area contributed by atoms with Gasteiger partial charge in [0.05, 0.1) is 0 Å². The lowest BCUT2D eigenvalue weighted by molar-refractivity contribution is 0.0939. The highest BCUT2D eigenvalue weighted by atomic mass is 32.1. The first-order valence-corrected chi connectivity index (χ1v) is 9.46. The topological polar surface area (TPSA) is 64.1 Å². The average molecular weight is 385 g/mol. The third kappa shape index (κ3) is 5.34. The highest BCUT2D eigenvalue weighted by Gasteiger charge is 2.10. The van der Waals surface area contributed by atoms with Crippen LogP contribution in [0.4, 0.5) is 4.39 Å². The first kappa shape index (κ1) is 19.0. The number of ether oxygens (including phenoxy) is 1. The van der Waals surface area contributed by atoms with Crippen molar-refractivity contribution in [2.45, 2.75) is 32.7 Å². The lowest BCUT2D eigenvalue weighted by atomic mass is 10.1. The molecule has 1 atom stereocenters. The second-order valence-corrected chi connectivity index (χ2v) is 6.90. The summed E-state index contributed by atoms with van der Waals surface area (Å²) in [6, 6.07) is 13.3. The molecule has 0 aliphatic heterocycles. The molecule has 0 saturated carbocycles. The molecular formula is C20H20FN3O2S. The van der Waals surface area contributed by atoms with Gasteiger partial charge in [0.25, 0.3) is 11.1 Å². The fraction of sp³-hybridized carbons (Fsp3) is 0.250.